The molecule has 0 amide bonds. The van der Waals surface area contributed by atoms with Crippen molar-refractivity contribution in [2.75, 3.05) is 6.54 Å². The Balaban J connectivity index is 1.44. The van der Waals surface area contributed by atoms with Gasteiger partial charge in [-0.15, -0.1) is 0 Å². The largest absolute Gasteiger partial charge is 0.357 e. The predicted octanol–water partition coefficient (Wildman–Crippen LogP) is 3.82. The Hall–Kier alpha value is -3.22. The number of aliphatic imine (C=N–C) groups is 1. The van der Waals surface area contributed by atoms with Crippen LogP contribution in [0, 0.1) is 11.6 Å². The van der Waals surface area contributed by atoms with Gasteiger partial charge < -0.3 is 10.6 Å². The van der Waals surface area contributed by atoms with Gasteiger partial charge in [0.1, 0.15) is 11.6 Å². The van der Waals surface area contributed by atoms with Crippen molar-refractivity contribution in [3.8, 4) is 0 Å². The van der Waals surface area contributed by atoms with E-state index in [4.69, 9.17) is 4.99 Å². The minimum atomic E-state index is -0.487. The fraction of sp³-hybridized carbons (Fsp3) is 0.304. The SMILES string of the molecule is CCNC(=NCc1ccccc1Cn1cccn1)NC1CC1c1c(F)cccc1F. The summed E-state index contributed by atoms with van der Waals surface area (Å²) in [5, 5.41) is 10.8. The molecule has 1 aromatic heterocycles. The summed E-state index contributed by atoms with van der Waals surface area (Å²) in [6.45, 7) is 3.87. The van der Waals surface area contributed by atoms with E-state index in [1.165, 1.54) is 18.2 Å². The molecule has 2 N–H and O–H groups in total. The van der Waals surface area contributed by atoms with Gasteiger partial charge in [-0.1, -0.05) is 30.3 Å². The molecule has 30 heavy (non-hydrogen) atoms. The standard InChI is InChI=1S/C23H25F2N5/c1-2-26-23(29-21-13-18(21)22-19(24)9-5-10-20(22)25)27-14-16-7-3-4-8-17(16)15-30-12-6-11-28-30/h3-12,18,21H,2,13-15H2,1H3,(H2,26,27,29). The fourth-order valence-corrected chi connectivity index (χ4v) is 3.63. The first-order valence-corrected chi connectivity index (χ1v) is 10.2. The van der Waals surface area contributed by atoms with Crippen molar-refractivity contribution >= 4 is 5.96 Å². The van der Waals surface area contributed by atoms with Crippen molar-refractivity contribution in [1.29, 1.82) is 0 Å². The minimum absolute atomic E-state index is 0.0338. The maximum atomic E-state index is 14.0. The highest BCUT2D eigenvalue weighted by Crippen LogP contribution is 2.43. The van der Waals surface area contributed by atoms with Crippen LogP contribution < -0.4 is 10.6 Å². The van der Waals surface area contributed by atoms with E-state index in [2.05, 4.69) is 27.9 Å². The van der Waals surface area contributed by atoms with Crippen molar-refractivity contribution in [3.63, 3.8) is 0 Å². The Morgan fingerprint density at radius 3 is 2.57 bits per heavy atom. The molecule has 0 bridgehead atoms. The van der Waals surface area contributed by atoms with Gasteiger partial charge in [0, 0.05) is 36.5 Å². The summed E-state index contributed by atoms with van der Waals surface area (Å²) in [5.74, 6) is -0.504. The number of hydrogen-bond donors (Lipinski definition) is 2. The van der Waals surface area contributed by atoms with Crippen molar-refractivity contribution in [2.24, 2.45) is 4.99 Å². The van der Waals surface area contributed by atoms with Gasteiger partial charge in [-0.3, -0.25) is 4.68 Å². The molecule has 2 atom stereocenters. The molecule has 0 aliphatic heterocycles. The van der Waals surface area contributed by atoms with E-state index in [1.807, 2.05) is 36.0 Å². The number of guanidine groups is 1. The summed E-state index contributed by atoms with van der Waals surface area (Å²) >= 11 is 0. The van der Waals surface area contributed by atoms with Crippen LogP contribution in [0.3, 0.4) is 0 Å². The summed E-state index contributed by atoms with van der Waals surface area (Å²) in [7, 11) is 0. The number of benzene rings is 2. The molecule has 1 saturated carbocycles. The molecule has 0 saturated heterocycles. The Bertz CT molecular complexity index is 996. The molecule has 1 aliphatic carbocycles. The molecule has 5 nitrogen and oxygen atoms in total. The van der Waals surface area contributed by atoms with Crippen LogP contribution in [0.15, 0.2) is 65.9 Å². The number of nitrogens with zero attached hydrogens (tertiary/aromatic N) is 3. The molecule has 156 valence electrons. The highest BCUT2D eigenvalue weighted by atomic mass is 19.1. The first-order valence-electron chi connectivity index (χ1n) is 10.2. The zero-order chi connectivity index (χ0) is 20.9. The molecular formula is C23H25F2N5. The second-order valence-electron chi connectivity index (χ2n) is 7.40. The second-order valence-corrected chi connectivity index (χ2v) is 7.40. The van der Waals surface area contributed by atoms with Crippen LogP contribution in [-0.2, 0) is 13.1 Å². The van der Waals surface area contributed by atoms with Crippen LogP contribution >= 0.6 is 0 Å². The molecule has 1 aliphatic rings. The number of hydrogen-bond acceptors (Lipinski definition) is 2. The van der Waals surface area contributed by atoms with E-state index in [-0.39, 0.29) is 17.5 Å². The van der Waals surface area contributed by atoms with E-state index in [0.29, 0.717) is 32.0 Å². The number of nitrogens with one attached hydrogen (secondary N) is 2. The molecular weight excluding hydrogens is 384 g/mol. The zero-order valence-electron chi connectivity index (χ0n) is 16.9. The van der Waals surface area contributed by atoms with E-state index >= 15 is 0 Å². The lowest BCUT2D eigenvalue weighted by Gasteiger charge is -2.13. The topological polar surface area (TPSA) is 54.2 Å². The van der Waals surface area contributed by atoms with E-state index in [1.54, 1.807) is 6.20 Å². The Kier molecular flexibility index (Phi) is 6.07. The van der Waals surface area contributed by atoms with Crippen LogP contribution in [-0.4, -0.2) is 28.3 Å². The normalized spacial score (nSPS) is 18.3. The maximum absolute atomic E-state index is 14.0. The van der Waals surface area contributed by atoms with E-state index < -0.39 is 11.6 Å². The lowest BCUT2D eigenvalue weighted by Crippen LogP contribution is -2.39. The molecule has 2 unspecified atom stereocenters. The summed E-state index contributed by atoms with van der Waals surface area (Å²) in [6.07, 6.45) is 4.37. The van der Waals surface area contributed by atoms with Crippen LogP contribution in [0.1, 0.15) is 36.0 Å². The smallest absolute Gasteiger partial charge is 0.191 e. The van der Waals surface area contributed by atoms with Gasteiger partial charge in [0.25, 0.3) is 0 Å². The molecule has 0 radical (unpaired) electrons. The van der Waals surface area contributed by atoms with Gasteiger partial charge in [0.05, 0.1) is 13.1 Å². The van der Waals surface area contributed by atoms with Crippen LogP contribution in [0.2, 0.25) is 0 Å². The van der Waals surface area contributed by atoms with Gasteiger partial charge in [-0.05, 0) is 42.7 Å². The first kappa shape index (κ1) is 20.1. The Labute approximate surface area is 174 Å². The molecule has 0 spiro atoms. The Morgan fingerprint density at radius 2 is 1.87 bits per heavy atom. The van der Waals surface area contributed by atoms with Gasteiger partial charge in [-0.2, -0.15) is 5.10 Å². The van der Waals surface area contributed by atoms with Crippen molar-refractivity contribution in [3.05, 3.63) is 89.2 Å². The Morgan fingerprint density at radius 1 is 1.10 bits per heavy atom. The third-order valence-corrected chi connectivity index (χ3v) is 5.24. The third kappa shape index (κ3) is 4.67. The molecule has 2 aromatic carbocycles. The monoisotopic (exact) mass is 409 g/mol. The number of aromatic nitrogens is 2. The molecule has 1 heterocycles. The zero-order valence-corrected chi connectivity index (χ0v) is 16.9. The van der Waals surface area contributed by atoms with Crippen LogP contribution in [0.25, 0.3) is 0 Å². The van der Waals surface area contributed by atoms with Gasteiger partial charge in [0.2, 0.25) is 0 Å². The van der Waals surface area contributed by atoms with Gasteiger partial charge in [0.15, 0.2) is 5.96 Å². The van der Waals surface area contributed by atoms with E-state index in [0.717, 1.165) is 11.1 Å². The molecule has 7 heteroatoms. The average molecular weight is 409 g/mol. The minimum Gasteiger partial charge on any atom is -0.357 e. The highest BCUT2D eigenvalue weighted by Gasteiger charge is 2.42. The highest BCUT2D eigenvalue weighted by molar-refractivity contribution is 5.80. The number of rotatable bonds is 7. The fourth-order valence-electron chi connectivity index (χ4n) is 3.63. The lowest BCUT2D eigenvalue weighted by molar-refractivity contribution is 0.553. The maximum Gasteiger partial charge on any atom is 0.191 e. The summed E-state index contributed by atoms with van der Waals surface area (Å²) in [4.78, 5) is 4.70. The summed E-state index contributed by atoms with van der Waals surface area (Å²) < 4.78 is 30.0. The lowest BCUT2D eigenvalue weighted by atomic mass is 10.1. The predicted molar refractivity (Wildman–Crippen MR) is 113 cm³/mol. The van der Waals surface area contributed by atoms with Crippen molar-refractivity contribution < 1.29 is 8.78 Å². The number of halogens is 2. The second kappa shape index (κ2) is 9.07. The molecule has 4 rings (SSSR count). The summed E-state index contributed by atoms with van der Waals surface area (Å²) in [6, 6.07) is 14.0. The van der Waals surface area contributed by atoms with E-state index in [9.17, 15) is 8.78 Å². The first-order chi connectivity index (χ1) is 14.7. The van der Waals surface area contributed by atoms with Crippen molar-refractivity contribution in [1.82, 2.24) is 20.4 Å². The quantitative estimate of drug-likeness (QED) is 0.461. The van der Waals surface area contributed by atoms with Gasteiger partial charge >= 0.3 is 0 Å². The summed E-state index contributed by atoms with van der Waals surface area (Å²) in [5.41, 5.74) is 2.42. The molecule has 3 aromatic rings. The van der Waals surface area contributed by atoms with Crippen LogP contribution in [0.4, 0.5) is 8.78 Å². The van der Waals surface area contributed by atoms with Gasteiger partial charge in [-0.25, -0.2) is 13.8 Å². The van der Waals surface area contributed by atoms with Crippen molar-refractivity contribution in [2.45, 2.75) is 38.4 Å². The molecule has 1 fully saturated rings. The average Bonchev–Trinajstić information content (AvgIpc) is 3.27. The van der Waals surface area contributed by atoms with Crippen LogP contribution in [0.5, 0.6) is 0 Å². The third-order valence-electron chi connectivity index (χ3n) is 5.24.